The Morgan fingerprint density at radius 1 is 1.04 bits per heavy atom. The van der Waals surface area contributed by atoms with Gasteiger partial charge in [0.05, 0.1) is 17.0 Å². The van der Waals surface area contributed by atoms with Crippen molar-refractivity contribution >= 4 is 40.5 Å². The number of para-hydroxylation sites is 1. The predicted molar refractivity (Wildman–Crippen MR) is 98.7 cm³/mol. The van der Waals surface area contributed by atoms with Gasteiger partial charge in [0, 0.05) is 16.9 Å². The van der Waals surface area contributed by atoms with Crippen molar-refractivity contribution in [2.75, 3.05) is 11.9 Å². The molecule has 0 aliphatic rings. The fraction of sp³-hybridized carbons (Fsp3) is 0.263. The molecule has 0 saturated heterocycles. The second-order valence-electron chi connectivity index (χ2n) is 5.64. The molecule has 0 spiro atoms. The minimum atomic E-state index is -0.623. The van der Waals surface area contributed by atoms with Crippen LogP contribution in [0.5, 0.6) is 0 Å². The molecular weight excluding hydrogens is 354 g/mol. The van der Waals surface area contributed by atoms with Crippen LogP contribution in [-0.4, -0.2) is 30.0 Å². The van der Waals surface area contributed by atoms with Crippen LogP contribution in [0, 0.1) is 6.92 Å². The molecule has 26 heavy (non-hydrogen) atoms. The van der Waals surface area contributed by atoms with E-state index in [1.165, 1.54) is 18.3 Å². The SMILES string of the molecule is CC(=O)c1ccccc1NC(=O)COC(=O)CCC(=O)c1ccc(C)s1. The Hall–Kier alpha value is -2.80. The molecule has 2 rings (SSSR count). The molecule has 0 bridgehead atoms. The van der Waals surface area contributed by atoms with E-state index in [9.17, 15) is 19.2 Å². The van der Waals surface area contributed by atoms with Crippen molar-refractivity contribution in [2.45, 2.75) is 26.7 Å². The van der Waals surface area contributed by atoms with Gasteiger partial charge in [-0.25, -0.2) is 0 Å². The third-order valence-electron chi connectivity index (χ3n) is 3.52. The van der Waals surface area contributed by atoms with Crippen LogP contribution in [0.3, 0.4) is 0 Å². The van der Waals surface area contributed by atoms with Gasteiger partial charge >= 0.3 is 5.97 Å². The van der Waals surface area contributed by atoms with Gasteiger partial charge in [-0.1, -0.05) is 12.1 Å². The van der Waals surface area contributed by atoms with Crippen molar-refractivity contribution in [3.05, 3.63) is 51.7 Å². The topological polar surface area (TPSA) is 89.5 Å². The van der Waals surface area contributed by atoms with Gasteiger partial charge in [0.25, 0.3) is 5.91 Å². The maximum Gasteiger partial charge on any atom is 0.306 e. The lowest BCUT2D eigenvalue weighted by molar-refractivity contribution is -0.147. The molecule has 2 aromatic rings. The summed E-state index contributed by atoms with van der Waals surface area (Å²) in [6, 6.07) is 10.2. The van der Waals surface area contributed by atoms with E-state index in [-0.39, 0.29) is 24.4 Å². The number of hydrogen-bond donors (Lipinski definition) is 1. The molecule has 1 amide bonds. The zero-order valence-corrected chi connectivity index (χ0v) is 15.4. The summed E-state index contributed by atoms with van der Waals surface area (Å²) < 4.78 is 4.88. The van der Waals surface area contributed by atoms with Crippen molar-refractivity contribution in [3.8, 4) is 0 Å². The maximum atomic E-state index is 11.9. The smallest absolute Gasteiger partial charge is 0.306 e. The maximum absolute atomic E-state index is 11.9. The average molecular weight is 373 g/mol. The van der Waals surface area contributed by atoms with E-state index >= 15 is 0 Å². The summed E-state index contributed by atoms with van der Waals surface area (Å²) in [7, 11) is 0. The summed E-state index contributed by atoms with van der Waals surface area (Å²) in [5.74, 6) is -1.48. The number of thiophene rings is 1. The number of aryl methyl sites for hydroxylation is 1. The van der Waals surface area contributed by atoms with Crippen molar-refractivity contribution < 1.29 is 23.9 Å². The lowest BCUT2D eigenvalue weighted by atomic mass is 10.1. The van der Waals surface area contributed by atoms with Gasteiger partial charge in [-0.2, -0.15) is 0 Å². The first kappa shape index (κ1) is 19.5. The summed E-state index contributed by atoms with van der Waals surface area (Å²) in [4.78, 5) is 48.7. The highest BCUT2D eigenvalue weighted by Gasteiger charge is 2.14. The number of esters is 1. The molecule has 136 valence electrons. The Kier molecular flexibility index (Phi) is 6.80. The predicted octanol–water partition coefficient (Wildman–Crippen LogP) is 3.40. The Balaban J connectivity index is 1.77. The molecule has 0 radical (unpaired) electrons. The van der Waals surface area contributed by atoms with E-state index in [1.54, 1.807) is 30.3 Å². The standard InChI is InChI=1S/C19H19NO5S/c1-12-7-9-17(26-12)16(22)8-10-19(24)25-11-18(23)20-15-6-4-3-5-14(15)13(2)21/h3-7,9H,8,10-11H2,1-2H3,(H,20,23). The number of ketones is 2. The number of amides is 1. The van der Waals surface area contributed by atoms with E-state index in [2.05, 4.69) is 5.32 Å². The summed E-state index contributed by atoms with van der Waals surface area (Å²) in [5.41, 5.74) is 0.744. The van der Waals surface area contributed by atoms with Crippen LogP contribution in [0.25, 0.3) is 0 Å². The molecular formula is C19H19NO5S. The van der Waals surface area contributed by atoms with Crippen molar-refractivity contribution in [1.29, 1.82) is 0 Å². The van der Waals surface area contributed by atoms with Crippen molar-refractivity contribution in [1.82, 2.24) is 0 Å². The number of anilines is 1. The quantitative estimate of drug-likeness (QED) is 0.566. The normalized spacial score (nSPS) is 10.2. The van der Waals surface area contributed by atoms with Gasteiger partial charge < -0.3 is 10.1 Å². The molecule has 0 atom stereocenters. The first-order valence-electron chi connectivity index (χ1n) is 8.02. The van der Waals surface area contributed by atoms with Gasteiger partial charge in [-0.15, -0.1) is 11.3 Å². The highest BCUT2D eigenvalue weighted by molar-refractivity contribution is 7.14. The zero-order chi connectivity index (χ0) is 19.1. The Morgan fingerprint density at radius 2 is 1.77 bits per heavy atom. The van der Waals surface area contributed by atoms with Gasteiger partial charge in [0.2, 0.25) is 0 Å². The van der Waals surface area contributed by atoms with Gasteiger partial charge in [0.15, 0.2) is 18.2 Å². The Bertz CT molecular complexity index is 840. The van der Waals surface area contributed by atoms with E-state index in [0.29, 0.717) is 16.1 Å². The monoisotopic (exact) mass is 373 g/mol. The minimum Gasteiger partial charge on any atom is -0.456 e. The number of carbonyl (C=O) groups is 4. The van der Waals surface area contributed by atoms with Crippen molar-refractivity contribution in [3.63, 3.8) is 0 Å². The van der Waals surface area contributed by atoms with Gasteiger partial charge in [-0.3, -0.25) is 19.2 Å². The average Bonchev–Trinajstić information content (AvgIpc) is 3.04. The summed E-state index contributed by atoms with van der Waals surface area (Å²) >= 11 is 1.38. The zero-order valence-electron chi connectivity index (χ0n) is 14.5. The molecule has 0 saturated carbocycles. The first-order valence-corrected chi connectivity index (χ1v) is 8.83. The van der Waals surface area contributed by atoms with E-state index < -0.39 is 18.5 Å². The Morgan fingerprint density at radius 3 is 2.42 bits per heavy atom. The molecule has 1 heterocycles. The third-order valence-corrected chi connectivity index (χ3v) is 4.56. The molecule has 7 heteroatoms. The number of rotatable bonds is 8. The fourth-order valence-electron chi connectivity index (χ4n) is 2.23. The largest absolute Gasteiger partial charge is 0.456 e. The van der Waals surface area contributed by atoms with Gasteiger partial charge in [-0.05, 0) is 38.1 Å². The number of ether oxygens (including phenoxy) is 1. The molecule has 0 fully saturated rings. The van der Waals surface area contributed by atoms with Crippen LogP contribution < -0.4 is 5.32 Å². The van der Waals surface area contributed by atoms with Crippen LogP contribution in [0.15, 0.2) is 36.4 Å². The van der Waals surface area contributed by atoms with Crippen LogP contribution in [-0.2, 0) is 14.3 Å². The lowest BCUT2D eigenvalue weighted by Crippen LogP contribution is -2.22. The summed E-state index contributed by atoms with van der Waals surface area (Å²) in [5, 5.41) is 2.54. The third kappa shape index (κ3) is 5.63. The number of nitrogens with one attached hydrogen (secondary N) is 1. The lowest BCUT2D eigenvalue weighted by Gasteiger charge is -2.09. The van der Waals surface area contributed by atoms with E-state index in [4.69, 9.17) is 4.74 Å². The van der Waals surface area contributed by atoms with Crippen LogP contribution in [0.1, 0.15) is 44.7 Å². The molecule has 6 nitrogen and oxygen atoms in total. The fourth-order valence-corrected chi connectivity index (χ4v) is 3.06. The second kappa shape index (κ2) is 9.05. The highest BCUT2D eigenvalue weighted by atomic mass is 32.1. The van der Waals surface area contributed by atoms with E-state index in [1.807, 2.05) is 13.0 Å². The minimum absolute atomic E-state index is 0.0353. The molecule has 1 aromatic carbocycles. The molecule has 0 aliphatic carbocycles. The molecule has 1 N–H and O–H groups in total. The first-order chi connectivity index (χ1) is 12.4. The summed E-state index contributed by atoms with van der Waals surface area (Å²) in [6.45, 7) is 2.83. The van der Waals surface area contributed by atoms with E-state index in [0.717, 1.165) is 4.88 Å². The van der Waals surface area contributed by atoms with Crippen molar-refractivity contribution in [2.24, 2.45) is 0 Å². The van der Waals surface area contributed by atoms with Crippen LogP contribution in [0.2, 0.25) is 0 Å². The van der Waals surface area contributed by atoms with Crippen LogP contribution >= 0.6 is 11.3 Å². The second-order valence-corrected chi connectivity index (χ2v) is 6.93. The van der Waals surface area contributed by atoms with Crippen LogP contribution in [0.4, 0.5) is 5.69 Å². The molecule has 0 unspecified atom stereocenters. The molecule has 1 aromatic heterocycles. The summed E-state index contributed by atoms with van der Waals surface area (Å²) in [6.07, 6.45) is -0.0549. The number of carbonyl (C=O) groups excluding carboxylic acids is 4. The number of hydrogen-bond acceptors (Lipinski definition) is 6. The molecule has 0 aliphatic heterocycles. The Labute approximate surface area is 155 Å². The highest BCUT2D eigenvalue weighted by Crippen LogP contribution is 2.18. The van der Waals surface area contributed by atoms with Gasteiger partial charge in [0.1, 0.15) is 0 Å². The number of Topliss-reactive ketones (excluding diaryl/α,β-unsaturated/α-hetero) is 2. The number of benzene rings is 1.